The number of aromatic nitrogens is 1. The number of fused-ring (bicyclic) bond motifs is 1. The molecule has 8 nitrogen and oxygen atoms in total. The fourth-order valence-corrected chi connectivity index (χ4v) is 6.07. The molecule has 12 heteroatoms. The van der Waals surface area contributed by atoms with E-state index in [0.29, 0.717) is 47.2 Å². The van der Waals surface area contributed by atoms with Gasteiger partial charge in [-0.15, -0.1) is 0 Å². The van der Waals surface area contributed by atoms with Gasteiger partial charge in [0.15, 0.2) is 22.9 Å². The topological polar surface area (TPSA) is 103 Å². The number of hydrogen-bond acceptors (Lipinski definition) is 8. The van der Waals surface area contributed by atoms with Crippen LogP contribution >= 0.6 is 50.5 Å². The van der Waals surface area contributed by atoms with E-state index in [1.54, 1.807) is 50.3 Å². The molecular weight excluding hydrogens is 617 g/mol. The van der Waals surface area contributed by atoms with Crippen LogP contribution < -0.4 is 24.4 Å². The number of esters is 1. The third-order valence-electron chi connectivity index (χ3n) is 5.62. The number of thiazole rings is 1. The molecule has 0 saturated heterocycles. The zero-order valence-electron chi connectivity index (χ0n) is 20.4. The molecule has 0 unspecified atom stereocenters. The molecule has 0 saturated carbocycles. The molecule has 2 heterocycles. The Labute approximate surface area is 240 Å². The zero-order chi connectivity index (χ0) is 27.6. The van der Waals surface area contributed by atoms with Crippen molar-refractivity contribution in [1.29, 1.82) is 5.26 Å². The van der Waals surface area contributed by atoms with Gasteiger partial charge in [-0.25, -0.2) is 9.79 Å². The monoisotopic (exact) mass is 635 g/mol. The van der Waals surface area contributed by atoms with Crippen molar-refractivity contribution in [3.05, 3.63) is 86.9 Å². The first-order valence-electron chi connectivity index (χ1n) is 11.2. The van der Waals surface area contributed by atoms with Gasteiger partial charge in [0.1, 0.15) is 12.1 Å². The Morgan fingerprint density at radius 2 is 2.11 bits per heavy atom. The minimum Gasteiger partial charge on any atom is -0.493 e. The number of halogens is 3. The molecular formula is C26H20BrCl2N3O5S. The van der Waals surface area contributed by atoms with Crippen molar-refractivity contribution in [2.45, 2.75) is 19.9 Å². The van der Waals surface area contributed by atoms with Gasteiger partial charge in [-0.3, -0.25) is 9.36 Å². The molecule has 3 aromatic rings. The standard InChI is InChI=1S/C26H20BrCl2N3O5S/c1-4-36-25(34)20-13(2)31-26-32(22(20)15-6-5-7-17(28)21(15)29)24(33)19(38-26)12-14-10-16(27)23(37-9-8-30)18(11-14)35-3/h5-7,10-12,22H,4,9H2,1-3H3/b19-12-/t22-/m0/s1. The number of hydrogen-bond donors (Lipinski definition) is 0. The molecule has 1 aliphatic rings. The lowest BCUT2D eigenvalue weighted by atomic mass is 9.96. The zero-order valence-corrected chi connectivity index (χ0v) is 24.3. The maximum absolute atomic E-state index is 13.8. The highest BCUT2D eigenvalue weighted by Gasteiger charge is 2.34. The third kappa shape index (κ3) is 5.24. The van der Waals surface area contributed by atoms with Crippen molar-refractivity contribution >= 4 is 62.5 Å². The Morgan fingerprint density at radius 1 is 1.34 bits per heavy atom. The maximum atomic E-state index is 13.8. The molecule has 38 heavy (non-hydrogen) atoms. The van der Waals surface area contributed by atoms with Crippen LogP contribution in [-0.2, 0) is 9.53 Å². The normalized spacial score (nSPS) is 15.0. The number of allylic oxidation sites excluding steroid dienone is 1. The van der Waals surface area contributed by atoms with Crippen LogP contribution in [0.1, 0.15) is 31.0 Å². The average Bonchev–Trinajstić information content (AvgIpc) is 3.18. The molecule has 0 spiro atoms. The van der Waals surface area contributed by atoms with E-state index in [0.717, 1.165) is 0 Å². The van der Waals surface area contributed by atoms with Gasteiger partial charge in [0, 0.05) is 5.56 Å². The number of rotatable bonds is 7. The van der Waals surface area contributed by atoms with Crippen molar-refractivity contribution in [3.8, 4) is 17.6 Å². The Balaban J connectivity index is 1.94. The number of nitriles is 1. The summed E-state index contributed by atoms with van der Waals surface area (Å²) in [7, 11) is 1.48. The lowest BCUT2D eigenvalue weighted by Gasteiger charge is -2.25. The van der Waals surface area contributed by atoms with E-state index >= 15 is 0 Å². The quantitative estimate of drug-likeness (QED) is 0.346. The summed E-state index contributed by atoms with van der Waals surface area (Å²) in [4.78, 5) is 31.8. The number of carbonyl (C=O) groups excluding carboxylic acids is 1. The highest BCUT2D eigenvalue weighted by molar-refractivity contribution is 9.10. The molecule has 196 valence electrons. The van der Waals surface area contributed by atoms with E-state index < -0.39 is 12.0 Å². The van der Waals surface area contributed by atoms with Gasteiger partial charge in [0.05, 0.1) is 44.0 Å². The Hall–Kier alpha value is -3.10. The first-order valence-corrected chi connectivity index (χ1v) is 13.6. The molecule has 2 aromatic carbocycles. The predicted octanol–water partition coefficient (Wildman–Crippen LogP) is 4.78. The van der Waals surface area contributed by atoms with Gasteiger partial charge >= 0.3 is 5.97 Å². The van der Waals surface area contributed by atoms with Crippen molar-refractivity contribution in [2.24, 2.45) is 4.99 Å². The number of methoxy groups -OCH3 is 1. The smallest absolute Gasteiger partial charge is 0.338 e. The van der Waals surface area contributed by atoms with E-state index in [4.69, 9.17) is 42.7 Å². The predicted molar refractivity (Wildman–Crippen MR) is 149 cm³/mol. The SMILES string of the molecule is CCOC(=O)C1=C(C)N=c2s/c(=C\c3cc(Br)c(OCC#N)c(OC)c3)c(=O)n2[C@H]1c1cccc(Cl)c1Cl. The molecule has 0 aliphatic carbocycles. The number of carbonyl (C=O) groups is 1. The largest absolute Gasteiger partial charge is 0.493 e. The van der Waals surface area contributed by atoms with E-state index in [9.17, 15) is 9.59 Å². The summed E-state index contributed by atoms with van der Waals surface area (Å²) in [5.41, 5.74) is 1.37. The summed E-state index contributed by atoms with van der Waals surface area (Å²) in [6, 6.07) is 9.52. The van der Waals surface area contributed by atoms with Gasteiger partial charge in [-0.1, -0.05) is 46.7 Å². The van der Waals surface area contributed by atoms with Gasteiger partial charge in [-0.05, 0) is 59.6 Å². The van der Waals surface area contributed by atoms with Crippen LogP contribution in [0, 0.1) is 11.3 Å². The van der Waals surface area contributed by atoms with Crippen molar-refractivity contribution in [3.63, 3.8) is 0 Å². The van der Waals surface area contributed by atoms with Crippen LogP contribution in [0.25, 0.3) is 6.08 Å². The molecule has 0 bridgehead atoms. The van der Waals surface area contributed by atoms with Gasteiger partial charge in [0.25, 0.3) is 5.56 Å². The summed E-state index contributed by atoms with van der Waals surface area (Å²) < 4.78 is 18.5. The van der Waals surface area contributed by atoms with Crippen LogP contribution in [-0.4, -0.2) is 30.9 Å². The van der Waals surface area contributed by atoms with Gasteiger partial charge in [0.2, 0.25) is 0 Å². The lowest BCUT2D eigenvalue weighted by Crippen LogP contribution is -2.40. The molecule has 1 atom stereocenters. The van der Waals surface area contributed by atoms with E-state index in [-0.39, 0.29) is 29.4 Å². The first kappa shape index (κ1) is 27.9. The van der Waals surface area contributed by atoms with Crippen LogP contribution in [0.3, 0.4) is 0 Å². The minimum atomic E-state index is -0.887. The number of nitrogens with zero attached hydrogens (tertiary/aromatic N) is 3. The van der Waals surface area contributed by atoms with Crippen molar-refractivity contribution < 1.29 is 19.0 Å². The fourth-order valence-electron chi connectivity index (χ4n) is 4.04. The molecule has 0 amide bonds. The first-order chi connectivity index (χ1) is 18.2. The molecule has 0 fully saturated rings. The van der Waals surface area contributed by atoms with Crippen LogP contribution in [0.4, 0.5) is 0 Å². The van der Waals surface area contributed by atoms with E-state index in [1.807, 2.05) is 6.07 Å². The van der Waals surface area contributed by atoms with Gasteiger partial charge < -0.3 is 14.2 Å². The molecule has 4 rings (SSSR count). The highest BCUT2D eigenvalue weighted by atomic mass is 79.9. The molecule has 0 radical (unpaired) electrons. The molecule has 1 aromatic heterocycles. The highest BCUT2D eigenvalue weighted by Crippen LogP contribution is 2.38. The Kier molecular flexibility index (Phi) is 8.63. The lowest BCUT2D eigenvalue weighted by molar-refractivity contribution is -0.139. The summed E-state index contributed by atoms with van der Waals surface area (Å²) in [5.74, 6) is 0.168. The number of benzene rings is 2. The van der Waals surface area contributed by atoms with Crippen molar-refractivity contribution in [2.75, 3.05) is 20.3 Å². The summed E-state index contributed by atoms with van der Waals surface area (Å²) in [5, 5.41) is 9.37. The molecule has 0 N–H and O–H groups in total. The Morgan fingerprint density at radius 3 is 2.79 bits per heavy atom. The second-order valence-electron chi connectivity index (χ2n) is 7.93. The van der Waals surface area contributed by atoms with Crippen LogP contribution in [0.15, 0.2) is 55.9 Å². The minimum absolute atomic E-state index is 0.152. The van der Waals surface area contributed by atoms with Crippen LogP contribution in [0.5, 0.6) is 11.5 Å². The average molecular weight is 637 g/mol. The fraction of sp³-hybridized carbons (Fsp3) is 0.231. The van der Waals surface area contributed by atoms with Gasteiger partial charge in [-0.2, -0.15) is 5.26 Å². The summed E-state index contributed by atoms with van der Waals surface area (Å²) in [6.07, 6.45) is 1.69. The van der Waals surface area contributed by atoms with E-state index in [1.165, 1.54) is 23.0 Å². The second-order valence-corrected chi connectivity index (χ2v) is 10.6. The summed E-state index contributed by atoms with van der Waals surface area (Å²) >= 11 is 17.5. The Bertz CT molecular complexity index is 1690. The second kappa shape index (κ2) is 11.7. The maximum Gasteiger partial charge on any atom is 0.338 e. The van der Waals surface area contributed by atoms with E-state index in [2.05, 4.69) is 20.9 Å². The third-order valence-corrected chi connectivity index (χ3v) is 8.03. The van der Waals surface area contributed by atoms with Crippen molar-refractivity contribution in [1.82, 2.24) is 4.57 Å². The van der Waals surface area contributed by atoms with Crippen LogP contribution in [0.2, 0.25) is 10.0 Å². The number of ether oxygens (including phenoxy) is 3. The summed E-state index contributed by atoms with van der Waals surface area (Å²) in [6.45, 7) is 3.39. The molecule has 1 aliphatic heterocycles.